The molecule has 0 aliphatic carbocycles. The Morgan fingerprint density at radius 1 is 0.708 bits per heavy atom. The largest absolute Gasteiger partial charge is 0.481 e. The molecule has 0 fully saturated rings. The topological polar surface area (TPSA) is 224 Å². The molecule has 12 heteroatoms. The van der Waals surface area contributed by atoms with E-state index in [2.05, 4.69) is 0 Å². The standard InChI is InChI=1S/C12H14O12/c1-2-3-4(5(13)14)11(6(15)16,7(17)18)12(8(19)20,9(21)22)10(23)24/h4H,2-3H2,1H3,(H,13,14)(H,15,16)(H,17,18)(H,19,20)(H,21,22)(H,23,24). The summed E-state index contributed by atoms with van der Waals surface area (Å²) < 4.78 is 0. The molecule has 0 aromatic rings. The zero-order valence-electron chi connectivity index (χ0n) is 12.1. The van der Waals surface area contributed by atoms with Crippen LogP contribution in [0, 0.1) is 16.7 Å². The van der Waals surface area contributed by atoms with Crippen molar-refractivity contribution in [2.45, 2.75) is 19.8 Å². The summed E-state index contributed by atoms with van der Waals surface area (Å²) in [5.41, 5.74) is -8.67. The molecule has 0 rings (SSSR count). The molecule has 6 N–H and O–H groups in total. The van der Waals surface area contributed by atoms with Gasteiger partial charge in [-0.15, -0.1) is 0 Å². The molecule has 0 aliphatic heterocycles. The van der Waals surface area contributed by atoms with Gasteiger partial charge < -0.3 is 30.6 Å². The Morgan fingerprint density at radius 3 is 1.21 bits per heavy atom. The molecule has 0 aromatic heterocycles. The van der Waals surface area contributed by atoms with E-state index in [4.69, 9.17) is 20.4 Å². The van der Waals surface area contributed by atoms with E-state index in [9.17, 15) is 39.0 Å². The summed E-state index contributed by atoms with van der Waals surface area (Å²) in [5.74, 6) is -18.7. The smallest absolute Gasteiger partial charge is 0.334 e. The van der Waals surface area contributed by atoms with Crippen LogP contribution in [0.1, 0.15) is 19.8 Å². The van der Waals surface area contributed by atoms with Crippen LogP contribution in [-0.4, -0.2) is 66.5 Å². The first-order valence-electron chi connectivity index (χ1n) is 6.26. The Kier molecular flexibility index (Phi) is 6.01. The molecule has 0 heterocycles. The lowest BCUT2D eigenvalue weighted by atomic mass is 9.55. The Hall–Kier alpha value is -3.18. The van der Waals surface area contributed by atoms with Crippen LogP contribution >= 0.6 is 0 Å². The fraction of sp³-hybridized carbons (Fsp3) is 0.500. The molecule has 0 saturated carbocycles. The van der Waals surface area contributed by atoms with E-state index in [1.807, 2.05) is 0 Å². The van der Waals surface area contributed by atoms with E-state index >= 15 is 0 Å². The third kappa shape index (κ3) is 2.51. The van der Waals surface area contributed by atoms with Crippen molar-refractivity contribution in [2.24, 2.45) is 16.7 Å². The average Bonchev–Trinajstić information content (AvgIpc) is 2.39. The van der Waals surface area contributed by atoms with Gasteiger partial charge in [0.05, 0.1) is 5.92 Å². The van der Waals surface area contributed by atoms with Crippen LogP contribution in [0.5, 0.6) is 0 Å². The summed E-state index contributed by atoms with van der Waals surface area (Å²) in [5, 5.41) is 55.1. The number of hydrogen-bond donors (Lipinski definition) is 6. The predicted octanol–water partition coefficient (Wildman–Crippen LogP) is -1.12. The average molecular weight is 350 g/mol. The van der Waals surface area contributed by atoms with Crippen molar-refractivity contribution in [3.8, 4) is 0 Å². The fourth-order valence-corrected chi connectivity index (χ4v) is 2.57. The molecule has 0 aromatic carbocycles. The summed E-state index contributed by atoms with van der Waals surface area (Å²) in [6.07, 6.45) is -0.974. The highest BCUT2D eigenvalue weighted by Crippen LogP contribution is 2.49. The maximum atomic E-state index is 11.6. The highest BCUT2D eigenvalue weighted by molar-refractivity contribution is 6.25. The molecule has 12 nitrogen and oxygen atoms in total. The summed E-state index contributed by atoms with van der Waals surface area (Å²) in [7, 11) is 0. The van der Waals surface area contributed by atoms with Gasteiger partial charge in [-0.3, -0.25) is 28.8 Å². The number of aliphatic carboxylic acids is 6. The molecule has 1 unspecified atom stereocenters. The Morgan fingerprint density at radius 2 is 1.04 bits per heavy atom. The summed E-state index contributed by atoms with van der Waals surface area (Å²) >= 11 is 0. The van der Waals surface area contributed by atoms with E-state index < -0.39 is 59.0 Å². The van der Waals surface area contributed by atoms with Gasteiger partial charge in [-0.05, 0) is 6.42 Å². The fourth-order valence-electron chi connectivity index (χ4n) is 2.57. The Balaban J connectivity index is 7.39. The molecule has 0 spiro atoms. The van der Waals surface area contributed by atoms with E-state index in [-0.39, 0.29) is 6.42 Å². The lowest BCUT2D eigenvalue weighted by molar-refractivity contribution is -0.209. The van der Waals surface area contributed by atoms with Crippen LogP contribution in [0.15, 0.2) is 0 Å². The van der Waals surface area contributed by atoms with Crippen molar-refractivity contribution >= 4 is 35.8 Å². The highest BCUT2D eigenvalue weighted by Gasteiger charge is 2.80. The van der Waals surface area contributed by atoms with Crippen molar-refractivity contribution in [3.63, 3.8) is 0 Å². The molecule has 1 atom stereocenters. The van der Waals surface area contributed by atoms with Crippen LogP contribution in [0.4, 0.5) is 0 Å². The van der Waals surface area contributed by atoms with Gasteiger partial charge in [0, 0.05) is 0 Å². The quantitative estimate of drug-likeness (QED) is 0.258. The van der Waals surface area contributed by atoms with Gasteiger partial charge in [-0.2, -0.15) is 0 Å². The SMILES string of the molecule is CCCC(C(=O)O)C(C(=O)O)(C(=O)O)C(C(=O)O)(C(=O)O)C(=O)O. The maximum absolute atomic E-state index is 11.6. The van der Waals surface area contributed by atoms with E-state index in [0.717, 1.165) is 0 Å². The molecule has 134 valence electrons. The van der Waals surface area contributed by atoms with Gasteiger partial charge >= 0.3 is 35.8 Å². The Bertz CT molecular complexity index is 553. The summed E-state index contributed by atoms with van der Waals surface area (Å²) in [4.78, 5) is 68.8. The van der Waals surface area contributed by atoms with E-state index in [1.54, 1.807) is 0 Å². The minimum absolute atomic E-state index is 0.186. The molecule has 0 saturated heterocycles. The van der Waals surface area contributed by atoms with Crippen molar-refractivity contribution < 1.29 is 59.4 Å². The second-order valence-corrected chi connectivity index (χ2v) is 4.76. The van der Waals surface area contributed by atoms with Crippen molar-refractivity contribution in [1.29, 1.82) is 0 Å². The molecule has 0 radical (unpaired) electrons. The van der Waals surface area contributed by atoms with Gasteiger partial charge in [0.15, 0.2) is 0 Å². The van der Waals surface area contributed by atoms with E-state index in [1.165, 1.54) is 6.92 Å². The second-order valence-electron chi connectivity index (χ2n) is 4.76. The van der Waals surface area contributed by atoms with Crippen LogP contribution < -0.4 is 0 Å². The zero-order valence-corrected chi connectivity index (χ0v) is 12.1. The van der Waals surface area contributed by atoms with Gasteiger partial charge in [0.2, 0.25) is 5.41 Å². The number of carboxylic acids is 6. The molecular weight excluding hydrogens is 336 g/mol. The van der Waals surface area contributed by atoms with Crippen molar-refractivity contribution in [1.82, 2.24) is 0 Å². The first-order chi connectivity index (χ1) is 10.9. The lowest BCUT2D eigenvalue weighted by Crippen LogP contribution is -2.68. The first kappa shape index (κ1) is 20.8. The zero-order chi connectivity index (χ0) is 19.5. The highest BCUT2D eigenvalue weighted by atomic mass is 16.4. The number of hydrogen-bond acceptors (Lipinski definition) is 6. The third-order valence-electron chi connectivity index (χ3n) is 3.63. The van der Waals surface area contributed by atoms with Gasteiger partial charge in [0.1, 0.15) is 0 Å². The van der Waals surface area contributed by atoms with Crippen molar-refractivity contribution in [3.05, 3.63) is 0 Å². The minimum Gasteiger partial charge on any atom is -0.481 e. The Labute approximate surface area is 132 Å². The molecule has 24 heavy (non-hydrogen) atoms. The molecular formula is C12H14O12. The first-order valence-corrected chi connectivity index (χ1v) is 6.26. The lowest BCUT2D eigenvalue weighted by Gasteiger charge is -2.39. The van der Waals surface area contributed by atoms with Gasteiger partial charge in [-0.1, -0.05) is 13.3 Å². The van der Waals surface area contributed by atoms with Crippen LogP contribution in [0.3, 0.4) is 0 Å². The van der Waals surface area contributed by atoms with Crippen molar-refractivity contribution in [2.75, 3.05) is 0 Å². The molecule has 0 amide bonds. The van der Waals surface area contributed by atoms with Crippen LogP contribution in [0.2, 0.25) is 0 Å². The predicted molar refractivity (Wildman–Crippen MR) is 69.1 cm³/mol. The molecule has 0 aliphatic rings. The third-order valence-corrected chi connectivity index (χ3v) is 3.63. The van der Waals surface area contributed by atoms with E-state index in [0.29, 0.717) is 0 Å². The van der Waals surface area contributed by atoms with Crippen LogP contribution in [0.25, 0.3) is 0 Å². The summed E-state index contributed by atoms with van der Waals surface area (Å²) in [6.45, 7) is 1.29. The second kappa shape index (κ2) is 6.93. The summed E-state index contributed by atoms with van der Waals surface area (Å²) in [6, 6.07) is 0. The van der Waals surface area contributed by atoms with Gasteiger partial charge in [-0.25, -0.2) is 0 Å². The van der Waals surface area contributed by atoms with Crippen LogP contribution in [-0.2, 0) is 28.8 Å². The maximum Gasteiger partial charge on any atom is 0.334 e. The molecule has 0 bridgehead atoms. The number of carboxylic acid groups (broad SMARTS) is 6. The van der Waals surface area contributed by atoms with Gasteiger partial charge in [0.25, 0.3) is 5.41 Å². The normalized spacial score (nSPS) is 12.9. The minimum atomic E-state index is -4.47. The number of carbonyl (C=O) groups is 6. The monoisotopic (exact) mass is 350 g/mol. The number of rotatable bonds is 10.